The third kappa shape index (κ3) is 4.16. The third-order valence-corrected chi connectivity index (χ3v) is 4.37. The first-order valence-corrected chi connectivity index (χ1v) is 8.39. The second-order valence-corrected chi connectivity index (χ2v) is 6.30. The molecule has 0 saturated carbocycles. The fraction of sp³-hybridized carbons (Fsp3) is 0.529. The van der Waals surface area contributed by atoms with Crippen LogP contribution in [0.15, 0.2) is 34.3 Å². The van der Waals surface area contributed by atoms with Gasteiger partial charge in [-0.25, -0.2) is 4.39 Å². The molecule has 0 fully saturated rings. The average molecular weight is 340 g/mol. The van der Waals surface area contributed by atoms with Gasteiger partial charge in [0.05, 0.1) is 6.04 Å². The standard InChI is InChI=1S/C17H23BrFN/c1-2-20-17(13-8-6-4-3-5-7-9-13)15-11-10-14(18)12-16(15)19/h8,10-12,17,20H,2-7,9H2,1H3/b13-8+. The summed E-state index contributed by atoms with van der Waals surface area (Å²) in [4.78, 5) is 0. The Kier molecular flexibility index (Phi) is 6.24. The van der Waals surface area contributed by atoms with E-state index in [0.717, 1.165) is 29.4 Å². The van der Waals surface area contributed by atoms with Crippen LogP contribution in [0, 0.1) is 5.82 Å². The predicted molar refractivity (Wildman–Crippen MR) is 86.3 cm³/mol. The number of allylic oxidation sites excluding steroid dienone is 1. The van der Waals surface area contributed by atoms with E-state index in [4.69, 9.17) is 0 Å². The Labute approximate surface area is 129 Å². The predicted octanol–water partition coefficient (Wildman–Crippen LogP) is 5.52. The zero-order valence-corrected chi connectivity index (χ0v) is 13.7. The van der Waals surface area contributed by atoms with Crippen molar-refractivity contribution < 1.29 is 4.39 Å². The first-order chi connectivity index (χ1) is 9.72. The Morgan fingerprint density at radius 3 is 2.80 bits per heavy atom. The zero-order chi connectivity index (χ0) is 14.4. The highest BCUT2D eigenvalue weighted by molar-refractivity contribution is 9.10. The monoisotopic (exact) mass is 339 g/mol. The lowest BCUT2D eigenvalue weighted by atomic mass is 9.90. The molecule has 1 aliphatic carbocycles. The lowest BCUT2D eigenvalue weighted by Gasteiger charge is -2.24. The molecule has 110 valence electrons. The van der Waals surface area contributed by atoms with E-state index in [-0.39, 0.29) is 11.9 Å². The molecule has 1 aromatic rings. The van der Waals surface area contributed by atoms with Crippen LogP contribution in [0.25, 0.3) is 0 Å². The number of hydrogen-bond donors (Lipinski definition) is 1. The number of rotatable bonds is 4. The Balaban J connectivity index is 2.29. The van der Waals surface area contributed by atoms with E-state index < -0.39 is 0 Å². The molecule has 0 radical (unpaired) electrons. The Morgan fingerprint density at radius 2 is 2.05 bits per heavy atom. The molecule has 0 saturated heterocycles. The van der Waals surface area contributed by atoms with Crippen LogP contribution in [0.3, 0.4) is 0 Å². The molecule has 1 N–H and O–H groups in total. The largest absolute Gasteiger partial charge is 0.307 e. The minimum atomic E-state index is -0.131. The van der Waals surface area contributed by atoms with Crippen molar-refractivity contribution in [1.82, 2.24) is 5.32 Å². The Bertz CT molecular complexity index is 470. The van der Waals surface area contributed by atoms with Crippen molar-refractivity contribution in [1.29, 1.82) is 0 Å². The summed E-state index contributed by atoms with van der Waals surface area (Å²) < 4.78 is 15.1. The summed E-state index contributed by atoms with van der Waals surface area (Å²) in [6.07, 6.45) is 9.61. The summed E-state index contributed by atoms with van der Waals surface area (Å²) in [5.74, 6) is -0.131. The lowest BCUT2D eigenvalue weighted by Crippen LogP contribution is -2.24. The molecule has 1 unspecified atom stereocenters. The maximum absolute atomic E-state index is 14.3. The molecule has 3 heteroatoms. The normalized spacial score (nSPS) is 20.6. The summed E-state index contributed by atoms with van der Waals surface area (Å²) >= 11 is 3.33. The topological polar surface area (TPSA) is 12.0 Å². The van der Waals surface area contributed by atoms with Gasteiger partial charge in [0.25, 0.3) is 0 Å². The van der Waals surface area contributed by atoms with E-state index in [2.05, 4.69) is 34.2 Å². The van der Waals surface area contributed by atoms with Gasteiger partial charge in [0.15, 0.2) is 0 Å². The number of nitrogens with one attached hydrogen (secondary N) is 1. The van der Waals surface area contributed by atoms with Gasteiger partial charge in [0, 0.05) is 10.0 Å². The van der Waals surface area contributed by atoms with Crippen LogP contribution in [0.2, 0.25) is 0 Å². The van der Waals surface area contributed by atoms with Crippen molar-refractivity contribution in [3.05, 3.63) is 45.7 Å². The highest BCUT2D eigenvalue weighted by atomic mass is 79.9. The van der Waals surface area contributed by atoms with Crippen LogP contribution in [0.4, 0.5) is 4.39 Å². The summed E-state index contributed by atoms with van der Waals surface area (Å²) in [5, 5.41) is 3.45. The van der Waals surface area contributed by atoms with Crippen LogP contribution >= 0.6 is 15.9 Å². The van der Waals surface area contributed by atoms with Crippen molar-refractivity contribution in [2.45, 2.75) is 51.5 Å². The highest BCUT2D eigenvalue weighted by Crippen LogP contribution is 2.31. The van der Waals surface area contributed by atoms with Crippen molar-refractivity contribution in [3.8, 4) is 0 Å². The van der Waals surface area contributed by atoms with Crippen LogP contribution in [-0.2, 0) is 0 Å². The van der Waals surface area contributed by atoms with Gasteiger partial charge in [-0.15, -0.1) is 0 Å². The van der Waals surface area contributed by atoms with Gasteiger partial charge in [0.2, 0.25) is 0 Å². The molecule has 1 atom stereocenters. The van der Waals surface area contributed by atoms with E-state index in [0.29, 0.717) is 0 Å². The maximum Gasteiger partial charge on any atom is 0.129 e. The number of hydrogen-bond acceptors (Lipinski definition) is 1. The molecule has 1 nitrogen and oxygen atoms in total. The molecule has 0 aromatic heterocycles. The quantitative estimate of drug-likeness (QED) is 0.712. The molecule has 0 bridgehead atoms. The van der Waals surface area contributed by atoms with Crippen molar-refractivity contribution >= 4 is 15.9 Å². The number of likely N-dealkylation sites (N-methyl/N-ethyl adjacent to an activating group) is 1. The van der Waals surface area contributed by atoms with Gasteiger partial charge >= 0.3 is 0 Å². The fourth-order valence-corrected chi connectivity index (χ4v) is 3.19. The minimum absolute atomic E-state index is 0.0196. The molecule has 0 amide bonds. The molecule has 20 heavy (non-hydrogen) atoms. The smallest absolute Gasteiger partial charge is 0.129 e. The molecule has 0 aliphatic heterocycles. The SMILES string of the molecule is CCNC(/C1=C/CCCCCC1)c1ccc(Br)cc1F. The maximum atomic E-state index is 14.3. The number of benzene rings is 1. The van der Waals surface area contributed by atoms with Crippen molar-refractivity contribution in [3.63, 3.8) is 0 Å². The first-order valence-electron chi connectivity index (χ1n) is 7.59. The average Bonchev–Trinajstić information content (AvgIpc) is 2.37. The Morgan fingerprint density at radius 1 is 1.25 bits per heavy atom. The van der Waals surface area contributed by atoms with Gasteiger partial charge in [-0.2, -0.15) is 0 Å². The third-order valence-electron chi connectivity index (χ3n) is 3.88. The first kappa shape index (κ1) is 15.7. The van der Waals surface area contributed by atoms with Gasteiger partial charge in [0.1, 0.15) is 5.82 Å². The highest BCUT2D eigenvalue weighted by Gasteiger charge is 2.19. The van der Waals surface area contributed by atoms with Crippen molar-refractivity contribution in [2.75, 3.05) is 6.54 Å². The van der Waals surface area contributed by atoms with Crippen LogP contribution in [0.1, 0.15) is 57.1 Å². The van der Waals surface area contributed by atoms with E-state index in [1.165, 1.54) is 31.3 Å². The second-order valence-electron chi connectivity index (χ2n) is 5.39. The zero-order valence-electron chi connectivity index (χ0n) is 12.1. The summed E-state index contributed by atoms with van der Waals surface area (Å²) in [6, 6.07) is 5.40. The van der Waals surface area contributed by atoms with Gasteiger partial charge < -0.3 is 5.32 Å². The summed E-state index contributed by atoms with van der Waals surface area (Å²) in [6.45, 7) is 2.92. The second kappa shape index (κ2) is 7.94. The van der Waals surface area contributed by atoms with Crippen LogP contribution < -0.4 is 5.32 Å². The molecular formula is C17H23BrFN. The van der Waals surface area contributed by atoms with E-state index in [1.54, 1.807) is 6.07 Å². The molecule has 0 heterocycles. The van der Waals surface area contributed by atoms with Gasteiger partial charge in [-0.1, -0.05) is 53.4 Å². The summed E-state index contributed by atoms with van der Waals surface area (Å²) in [5.41, 5.74) is 2.12. The summed E-state index contributed by atoms with van der Waals surface area (Å²) in [7, 11) is 0. The van der Waals surface area contributed by atoms with Gasteiger partial charge in [-0.05, 0) is 44.4 Å². The van der Waals surface area contributed by atoms with E-state index in [1.807, 2.05) is 12.1 Å². The fourth-order valence-electron chi connectivity index (χ4n) is 2.86. The number of halogens is 2. The lowest BCUT2D eigenvalue weighted by molar-refractivity contribution is 0.524. The van der Waals surface area contributed by atoms with Gasteiger partial charge in [-0.3, -0.25) is 0 Å². The van der Waals surface area contributed by atoms with Crippen LogP contribution in [-0.4, -0.2) is 6.54 Å². The Hall–Kier alpha value is -0.670. The molecule has 1 aromatic carbocycles. The van der Waals surface area contributed by atoms with E-state index >= 15 is 0 Å². The van der Waals surface area contributed by atoms with E-state index in [9.17, 15) is 4.39 Å². The molecule has 1 aliphatic rings. The molecule has 0 spiro atoms. The minimum Gasteiger partial charge on any atom is -0.307 e. The molecular weight excluding hydrogens is 317 g/mol. The van der Waals surface area contributed by atoms with Crippen LogP contribution in [0.5, 0.6) is 0 Å². The molecule has 2 rings (SSSR count). The van der Waals surface area contributed by atoms with Crippen molar-refractivity contribution in [2.24, 2.45) is 0 Å².